The number of hydrogen-bond donors (Lipinski definition) is 1. The predicted octanol–water partition coefficient (Wildman–Crippen LogP) is 2.33. The predicted molar refractivity (Wildman–Crippen MR) is 67.6 cm³/mol. The molecule has 1 aliphatic rings. The fourth-order valence-corrected chi connectivity index (χ4v) is 2.74. The molecule has 1 N–H and O–H groups in total. The highest BCUT2D eigenvalue weighted by atomic mass is 14.9. The lowest BCUT2D eigenvalue weighted by Crippen LogP contribution is -2.10. The fraction of sp³-hybridized carbons (Fsp3) is 0.429. The van der Waals surface area contributed by atoms with Gasteiger partial charge >= 0.3 is 0 Å². The number of aromatic nitrogens is 1. The van der Waals surface area contributed by atoms with E-state index in [-0.39, 0.29) is 0 Å². The van der Waals surface area contributed by atoms with Gasteiger partial charge in [-0.2, -0.15) is 0 Å². The molecule has 1 saturated heterocycles. The second-order valence-electron chi connectivity index (χ2n) is 4.84. The maximum atomic E-state index is 3.44. The molecular weight excluding hydrogens is 196 g/mol. The Kier molecular flexibility index (Phi) is 2.44. The molecule has 0 bridgehead atoms. The Balaban J connectivity index is 1.96. The highest BCUT2D eigenvalue weighted by Gasteiger charge is 2.16. The number of benzene rings is 1. The zero-order valence-corrected chi connectivity index (χ0v) is 9.74. The number of aryl methyl sites for hydroxylation is 1. The summed E-state index contributed by atoms with van der Waals surface area (Å²) >= 11 is 0. The minimum absolute atomic E-state index is 0.825. The quantitative estimate of drug-likeness (QED) is 0.812. The lowest BCUT2D eigenvalue weighted by Gasteiger charge is -2.09. The summed E-state index contributed by atoms with van der Waals surface area (Å²) < 4.78 is 2.20. The number of rotatable bonds is 2. The standard InChI is InChI=1S/C14H18N2/c1-16-8-6-13-12(3-2-4-14(13)16)9-11-5-7-15-10-11/h2-4,6,8,11,15H,5,7,9-10H2,1H3. The van der Waals surface area contributed by atoms with E-state index in [1.807, 2.05) is 0 Å². The van der Waals surface area contributed by atoms with Crippen molar-refractivity contribution in [3.05, 3.63) is 36.0 Å². The highest BCUT2D eigenvalue weighted by Crippen LogP contribution is 2.23. The van der Waals surface area contributed by atoms with Crippen molar-refractivity contribution in [2.75, 3.05) is 13.1 Å². The van der Waals surface area contributed by atoms with E-state index in [9.17, 15) is 0 Å². The molecule has 0 aliphatic carbocycles. The third-order valence-corrected chi connectivity index (χ3v) is 3.69. The average molecular weight is 214 g/mol. The largest absolute Gasteiger partial charge is 0.351 e. The Hall–Kier alpha value is -1.28. The van der Waals surface area contributed by atoms with Crippen LogP contribution < -0.4 is 5.32 Å². The van der Waals surface area contributed by atoms with Crippen molar-refractivity contribution in [2.45, 2.75) is 12.8 Å². The molecule has 2 heterocycles. The van der Waals surface area contributed by atoms with Crippen LogP contribution in [0.2, 0.25) is 0 Å². The van der Waals surface area contributed by atoms with E-state index >= 15 is 0 Å². The van der Waals surface area contributed by atoms with Crippen molar-refractivity contribution < 1.29 is 0 Å². The number of fused-ring (bicyclic) bond motifs is 1. The molecule has 1 aromatic heterocycles. The van der Waals surface area contributed by atoms with Gasteiger partial charge in [0.15, 0.2) is 0 Å². The fourth-order valence-electron chi connectivity index (χ4n) is 2.74. The topological polar surface area (TPSA) is 17.0 Å². The number of nitrogens with one attached hydrogen (secondary N) is 1. The lowest BCUT2D eigenvalue weighted by atomic mass is 9.96. The summed E-state index contributed by atoms with van der Waals surface area (Å²) in [5.41, 5.74) is 2.86. The summed E-state index contributed by atoms with van der Waals surface area (Å²) in [6.07, 6.45) is 4.69. The average Bonchev–Trinajstić information content (AvgIpc) is 2.90. The normalized spacial score (nSPS) is 20.7. The van der Waals surface area contributed by atoms with E-state index in [0.717, 1.165) is 5.92 Å². The van der Waals surface area contributed by atoms with Crippen LogP contribution in [0.1, 0.15) is 12.0 Å². The molecule has 0 spiro atoms. The summed E-state index contributed by atoms with van der Waals surface area (Å²) in [7, 11) is 2.11. The Morgan fingerprint density at radius 2 is 2.31 bits per heavy atom. The van der Waals surface area contributed by atoms with Gasteiger partial charge in [0.05, 0.1) is 0 Å². The second-order valence-corrected chi connectivity index (χ2v) is 4.84. The van der Waals surface area contributed by atoms with Crippen molar-refractivity contribution in [1.29, 1.82) is 0 Å². The molecule has 3 rings (SSSR count). The molecule has 2 heteroatoms. The Morgan fingerprint density at radius 3 is 3.12 bits per heavy atom. The van der Waals surface area contributed by atoms with Crippen LogP contribution in [0.3, 0.4) is 0 Å². The van der Waals surface area contributed by atoms with E-state index in [1.165, 1.54) is 42.4 Å². The van der Waals surface area contributed by atoms with Gasteiger partial charge in [0, 0.05) is 24.1 Å². The molecule has 2 aromatic rings. The maximum Gasteiger partial charge on any atom is 0.0480 e. The van der Waals surface area contributed by atoms with Crippen LogP contribution >= 0.6 is 0 Å². The van der Waals surface area contributed by atoms with E-state index in [4.69, 9.17) is 0 Å². The molecule has 1 aromatic carbocycles. The molecule has 1 aliphatic heterocycles. The molecule has 0 radical (unpaired) electrons. The van der Waals surface area contributed by atoms with Crippen LogP contribution in [0.5, 0.6) is 0 Å². The molecule has 0 saturated carbocycles. The molecule has 1 unspecified atom stereocenters. The van der Waals surface area contributed by atoms with E-state index in [1.54, 1.807) is 0 Å². The first-order valence-electron chi connectivity index (χ1n) is 6.08. The molecule has 16 heavy (non-hydrogen) atoms. The SMILES string of the molecule is Cn1ccc2c(CC3CCNC3)cccc21. The first kappa shape index (κ1) is 9.91. The van der Waals surface area contributed by atoms with Crippen LogP contribution in [0.25, 0.3) is 10.9 Å². The van der Waals surface area contributed by atoms with Gasteiger partial charge in [0.25, 0.3) is 0 Å². The minimum atomic E-state index is 0.825. The summed E-state index contributed by atoms with van der Waals surface area (Å²) in [5, 5.41) is 4.87. The zero-order chi connectivity index (χ0) is 11.0. The van der Waals surface area contributed by atoms with Crippen LogP contribution in [0, 0.1) is 5.92 Å². The van der Waals surface area contributed by atoms with E-state index in [0.29, 0.717) is 0 Å². The maximum absolute atomic E-state index is 3.44. The van der Waals surface area contributed by atoms with Crippen LogP contribution in [-0.2, 0) is 13.5 Å². The molecule has 1 fully saturated rings. The van der Waals surface area contributed by atoms with Gasteiger partial charge in [-0.15, -0.1) is 0 Å². The zero-order valence-electron chi connectivity index (χ0n) is 9.74. The van der Waals surface area contributed by atoms with Gasteiger partial charge in [-0.25, -0.2) is 0 Å². The molecule has 2 nitrogen and oxygen atoms in total. The Morgan fingerprint density at radius 1 is 1.38 bits per heavy atom. The minimum Gasteiger partial charge on any atom is -0.351 e. The van der Waals surface area contributed by atoms with Crippen LogP contribution in [-0.4, -0.2) is 17.7 Å². The third-order valence-electron chi connectivity index (χ3n) is 3.69. The smallest absolute Gasteiger partial charge is 0.0480 e. The van der Waals surface area contributed by atoms with E-state index in [2.05, 4.69) is 47.4 Å². The van der Waals surface area contributed by atoms with Gasteiger partial charge < -0.3 is 9.88 Å². The third kappa shape index (κ3) is 1.63. The van der Waals surface area contributed by atoms with Crippen LogP contribution in [0.4, 0.5) is 0 Å². The summed E-state index contributed by atoms with van der Waals surface area (Å²) in [6.45, 7) is 2.37. The lowest BCUT2D eigenvalue weighted by molar-refractivity contribution is 0.582. The number of nitrogens with zero attached hydrogens (tertiary/aromatic N) is 1. The van der Waals surface area contributed by atoms with Gasteiger partial charge in [0.2, 0.25) is 0 Å². The summed E-state index contributed by atoms with van der Waals surface area (Å²) in [4.78, 5) is 0. The molecule has 84 valence electrons. The monoisotopic (exact) mass is 214 g/mol. The van der Waals surface area contributed by atoms with Gasteiger partial charge in [0.1, 0.15) is 0 Å². The van der Waals surface area contributed by atoms with Gasteiger partial charge in [-0.05, 0) is 49.5 Å². The molecule has 0 amide bonds. The van der Waals surface area contributed by atoms with E-state index < -0.39 is 0 Å². The van der Waals surface area contributed by atoms with Crippen molar-refractivity contribution in [3.63, 3.8) is 0 Å². The second kappa shape index (κ2) is 3.95. The Labute approximate surface area is 96.3 Å². The van der Waals surface area contributed by atoms with Gasteiger partial charge in [-0.1, -0.05) is 12.1 Å². The number of hydrogen-bond acceptors (Lipinski definition) is 1. The first-order valence-corrected chi connectivity index (χ1v) is 6.08. The Bertz CT molecular complexity index is 492. The molecule has 1 atom stereocenters. The summed E-state index contributed by atoms with van der Waals surface area (Å²) in [6, 6.07) is 8.90. The molecular formula is C14H18N2. The first-order chi connectivity index (χ1) is 7.84. The van der Waals surface area contributed by atoms with Crippen molar-refractivity contribution in [2.24, 2.45) is 13.0 Å². The van der Waals surface area contributed by atoms with Crippen molar-refractivity contribution in [1.82, 2.24) is 9.88 Å². The van der Waals surface area contributed by atoms with Crippen LogP contribution in [0.15, 0.2) is 30.5 Å². The van der Waals surface area contributed by atoms with Crippen molar-refractivity contribution in [3.8, 4) is 0 Å². The van der Waals surface area contributed by atoms with Gasteiger partial charge in [-0.3, -0.25) is 0 Å². The van der Waals surface area contributed by atoms with Crippen molar-refractivity contribution >= 4 is 10.9 Å². The summed E-state index contributed by atoms with van der Waals surface area (Å²) in [5.74, 6) is 0.825. The highest BCUT2D eigenvalue weighted by molar-refractivity contribution is 5.83.